The molecule has 1 fully saturated rings. The predicted molar refractivity (Wildman–Crippen MR) is 77.9 cm³/mol. The summed E-state index contributed by atoms with van der Waals surface area (Å²) in [6.07, 6.45) is 1.38. The fraction of sp³-hybridized carbons (Fsp3) is 0.786. The lowest BCUT2D eigenvalue weighted by atomic mass is 10.0. The molecule has 0 radical (unpaired) electrons. The van der Waals surface area contributed by atoms with E-state index in [2.05, 4.69) is 5.32 Å². The highest BCUT2D eigenvalue weighted by Crippen LogP contribution is 2.19. The minimum atomic E-state index is -1.02. The lowest BCUT2D eigenvalue weighted by Gasteiger charge is -2.40. The molecule has 7 heteroatoms. The largest absolute Gasteiger partial charge is 0.480 e. The Labute approximate surface area is 125 Å². The zero-order valence-electron chi connectivity index (χ0n) is 13.2. The number of aliphatic carboxylic acids is 1. The van der Waals surface area contributed by atoms with E-state index in [4.69, 9.17) is 5.11 Å². The van der Waals surface area contributed by atoms with Crippen molar-refractivity contribution >= 4 is 17.9 Å². The number of nitrogens with one attached hydrogen (secondary N) is 1. The number of likely N-dealkylation sites (tertiary alicyclic amines) is 1. The van der Waals surface area contributed by atoms with Crippen LogP contribution in [0.3, 0.4) is 0 Å². The Morgan fingerprint density at radius 2 is 1.76 bits per heavy atom. The van der Waals surface area contributed by atoms with E-state index in [1.165, 1.54) is 11.8 Å². The van der Waals surface area contributed by atoms with Crippen LogP contribution in [0, 0.1) is 0 Å². The lowest BCUT2D eigenvalue weighted by Crippen LogP contribution is -2.56. The van der Waals surface area contributed by atoms with Gasteiger partial charge in [0.25, 0.3) is 0 Å². The normalized spacial score (nSPS) is 16.5. The third-order valence-electron chi connectivity index (χ3n) is 3.51. The van der Waals surface area contributed by atoms with E-state index in [0.717, 1.165) is 0 Å². The second-order valence-corrected chi connectivity index (χ2v) is 6.40. The minimum absolute atomic E-state index is 0.0676. The van der Waals surface area contributed by atoms with Crippen LogP contribution in [0.5, 0.6) is 0 Å². The number of carboxylic acids is 1. The number of hydrogen-bond acceptors (Lipinski definition) is 3. The molecule has 2 N–H and O–H groups in total. The van der Waals surface area contributed by atoms with Crippen LogP contribution in [0.15, 0.2) is 0 Å². The fourth-order valence-corrected chi connectivity index (χ4v) is 2.40. The van der Waals surface area contributed by atoms with Crippen LogP contribution in [0.1, 0.15) is 40.5 Å². The van der Waals surface area contributed by atoms with Crippen molar-refractivity contribution in [3.05, 3.63) is 0 Å². The lowest BCUT2D eigenvalue weighted by molar-refractivity contribution is -0.138. The minimum Gasteiger partial charge on any atom is -0.480 e. The number of amides is 3. The maximum atomic E-state index is 12.5. The van der Waals surface area contributed by atoms with Crippen LogP contribution in [0.25, 0.3) is 0 Å². The number of carbonyl (C=O) groups is 3. The van der Waals surface area contributed by atoms with Gasteiger partial charge in [-0.1, -0.05) is 0 Å². The average Bonchev–Trinajstić information content (AvgIpc) is 2.34. The Morgan fingerprint density at radius 1 is 1.24 bits per heavy atom. The monoisotopic (exact) mass is 299 g/mol. The van der Waals surface area contributed by atoms with Crippen LogP contribution >= 0.6 is 0 Å². The number of hydrogen-bond donors (Lipinski definition) is 2. The highest BCUT2D eigenvalue weighted by atomic mass is 16.4. The molecule has 1 heterocycles. The van der Waals surface area contributed by atoms with Crippen LogP contribution in [0.2, 0.25) is 0 Å². The van der Waals surface area contributed by atoms with Gasteiger partial charge in [0.15, 0.2) is 0 Å². The Morgan fingerprint density at radius 3 is 2.14 bits per heavy atom. The van der Waals surface area contributed by atoms with Crippen LogP contribution < -0.4 is 5.32 Å². The maximum absolute atomic E-state index is 12.5. The Hall–Kier alpha value is -1.79. The first kappa shape index (κ1) is 17.3. The summed E-state index contributed by atoms with van der Waals surface area (Å²) in [5, 5.41) is 11.8. The van der Waals surface area contributed by atoms with Crippen LogP contribution in [-0.2, 0) is 9.59 Å². The Bertz CT molecular complexity index is 409. The molecule has 120 valence electrons. The molecule has 1 saturated heterocycles. The molecule has 0 saturated carbocycles. The standard InChI is InChI=1S/C14H25N3O4/c1-10(18)15-11-5-7-16(8-6-11)13(21)17(9-12(19)20)14(2,3)4/h11H,5-9H2,1-4H3,(H,15,18)(H,19,20). The van der Waals surface area contributed by atoms with Gasteiger partial charge in [0, 0.05) is 31.6 Å². The van der Waals surface area contributed by atoms with Gasteiger partial charge in [-0.15, -0.1) is 0 Å². The topological polar surface area (TPSA) is 90.0 Å². The molecule has 7 nitrogen and oxygen atoms in total. The number of piperidine rings is 1. The van der Waals surface area contributed by atoms with E-state index in [1.54, 1.807) is 4.90 Å². The number of rotatable bonds is 3. The van der Waals surface area contributed by atoms with E-state index in [1.807, 2.05) is 20.8 Å². The molecular weight excluding hydrogens is 274 g/mol. The van der Waals surface area contributed by atoms with Crippen molar-refractivity contribution < 1.29 is 19.5 Å². The first-order valence-electron chi connectivity index (χ1n) is 7.16. The van der Waals surface area contributed by atoms with Crippen molar-refractivity contribution in [1.29, 1.82) is 0 Å². The molecule has 0 aromatic carbocycles. The molecule has 21 heavy (non-hydrogen) atoms. The summed E-state index contributed by atoms with van der Waals surface area (Å²) in [6.45, 7) is 7.67. The van der Waals surface area contributed by atoms with Crippen molar-refractivity contribution in [2.45, 2.75) is 52.1 Å². The molecule has 0 unspecified atom stereocenters. The maximum Gasteiger partial charge on any atom is 0.323 e. The van der Waals surface area contributed by atoms with E-state index < -0.39 is 11.5 Å². The highest BCUT2D eigenvalue weighted by Gasteiger charge is 2.33. The first-order valence-corrected chi connectivity index (χ1v) is 7.16. The third kappa shape index (κ3) is 5.24. The first-order chi connectivity index (χ1) is 9.61. The van der Waals surface area contributed by atoms with Gasteiger partial charge in [-0.25, -0.2) is 4.79 Å². The van der Waals surface area contributed by atoms with Crippen molar-refractivity contribution in [2.75, 3.05) is 19.6 Å². The fourth-order valence-electron chi connectivity index (χ4n) is 2.40. The van der Waals surface area contributed by atoms with Crippen molar-refractivity contribution in [2.24, 2.45) is 0 Å². The van der Waals surface area contributed by atoms with E-state index in [9.17, 15) is 14.4 Å². The Balaban J connectivity index is 2.65. The molecule has 3 amide bonds. The number of carboxylic acid groups (broad SMARTS) is 1. The van der Waals surface area contributed by atoms with E-state index in [0.29, 0.717) is 25.9 Å². The number of carbonyl (C=O) groups excluding carboxylic acids is 2. The smallest absolute Gasteiger partial charge is 0.323 e. The van der Waals surface area contributed by atoms with Crippen molar-refractivity contribution in [1.82, 2.24) is 15.1 Å². The molecule has 0 spiro atoms. The van der Waals surface area contributed by atoms with Crippen molar-refractivity contribution in [3.63, 3.8) is 0 Å². The molecule has 0 bridgehead atoms. The van der Waals surface area contributed by atoms with Gasteiger partial charge in [-0.3, -0.25) is 9.59 Å². The Kier molecular flexibility index (Phi) is 5.57. The molecule has 0 aromatic heterocycles. The summed E-state index contributed by atoms with van der Waals surface area (Å²) in [4.78, 5) is 37.5. The number of urea groups is 1. The SMILES string of the molecule is CC(=O)NC1CCN(C(=O)N(CC(=O)O)C(C)(C)C)CC1. The molecule has 1 aliphatic rings. The van der Waals surface area contributed by atoms with Gasteiger partial charge in [0.1, 0.15) is 6.54 Å². The summed E-state index contributed by atoms with van der Waals surface area (Å²) in [7, 11) is 0. The molecular formula is C14H25N3O4. The summed E-state index contributed by atoms with van der Waals surface area (Å²) in [5.41, 5.74) is -0.552. The van der Waals surface area contributed by atoms with Gasteiger partial charge in [0.05, 0.1) is 0 Å². The molecule has 1 aliphatic heterocycles. The zero-order chi connectivity index (χ0) is 16.2. The summed E-state index contributed by atoms with van der Waals surface area (Å²) in [6, 6.07) is -0.166. The quantitative estimate of drug-likeness (QED) is 0.810. The zero-order valence-corrected chi connectivity index (χ0v) is 13.2. The third-order valence-corrected chi connectivity index (χ3v) is 3.51. The van der Waals surface area contributed by atoms with Crippen LogP contribution in [0.4, 0.5) is 4.79 Å². The molecule has 1 rings (SSSR count). The highest BCUT2D eigenvalue weighted by molar-refractivity contribution is 5.81. The summed E-state index contributed by atoms with van der Waals surface area (Å²) in [5.74, 6) is -1.09. The summed E-state index contributed by atoms with van der Waals surface area (Å²) < 4.78 is 0. The van der Waals surface area contributed by atoms with E-state index in [-0.39, 0.29) is 24.5 Å². The average molecular weight is 299 g/mol. The summed E-state index contributed by atoms with van der Waals surface area (Å²) >= 11 is 0. The predicted octanol–water partition coefficient (Wildman–Crippen LogP) is 0.892. The molecule has 0 aromatic rings. The van der Waals surface area contributed by atoms with Gasteiger partial charge >= 0.3 is 12.0 Å². The second kappa shape index (κ2) is 6.78. The second-order valence-electron chi connectivity index (χ2n) is 6.40. The van der Waals surface area contributed by atoms with Gasteiger partial charge in [-0.05, 0) is 33.6 Å². The van der Waals surface area contributed by atoms with Gasteiger partial charge in [0.2, 0.25) is 5.91 Å². The van der Waals surface area contributed by atoms with E-state index >= 15 is 0 Å². The molecule has 0 aliphatic carbocycles. The van der Waals surface area contributed by atoms with Gasteiger partial charge in [-0.2, -0.15) is 0 Å². The number of nitrogens with zero attached hydrogens (tertiary/aromatic N) is 2. The van der Waals surface area contributed by atoms with Gasteiger partial charge < -0.3 is 20.2 Å². The van der Waals surface area contributed by atoms with Crippen molar-refractivity contribution in [3.8, 4) is 0 Å². The van der Waals surface area contributed by atoms with Crippen LogP contribution in [-0.4, -0.2) is 64.0 Å². The molecule has 0 atom stereocenters.